The molecule has 138 valence electrons. The summed E-state index contributed by atoms with van der Waals surface area (Å²) >= 11 is 6.06. The van der Waals surface area contributed by atoms with E-state index in [9.17, 15) is 4.79 Å². The van der Waals surface area contributed by atoms with Crippen LogP contribution in [0.2, 0.25) is 5.02 Å². The first-order valence-corrected chi connectivity index (χ1v) is 8.36. The Morgan fingerprint density at radius 1 is 0.963 bits per heavy atom. The maximum atomic E-state index is 12.3. The van der Waals surface area contributed by atoms with Gasteiger partial charge in [-0.05, 0) is 42.5 Å². The van der Waals surface area contributed by atoms with Crippen molar-refractivity contribution in [1.29, 1.82) is 0 Å². The number of benzene rings is 2. The Hall–Kier alpha value is -3.32. The van der Waals surface area contributed by atoms with Crippen LogP contribution >= 0.6 is 11.6 Å². The van der Waals surface area contributed by atoms with Gasteiger partial charge in [-0.15, -0.1) is 10.2 Å². The number of nitrogens with zero attached hydrogens (tertiary/aromatic N) is 2. The van der Waals surface area contributed by atoms with Gasteiger partial charge in [0.05, 0.1) is 19.2 Å². The minimum Gasteiger partial charge on any atom is -0.497 e. The highest BCUT2D eigenvalue weighted by Gasteiger charge is 2.10. The van der Waals surface area contributed by atoms with Gasteiger partial charge < -0.3 is 20.1 Å². The number of anilines is 3. The quantitative estimate of drug-likeness (QED) is 0.664. The van der Waals surface area contributed by atoms with E-state index in [1.54, 1.807) is 37.4 Å². The van der Waals surface area contributed by atoms with Gasteiger partial charge in [-0.2, -0.15) is 0 Å². The maximum Gasteiger partial charge on any atom is 0.276 e. The highest BCUT2D eigenvalue weighted by Crippen LogP contribution is 2.27. The fourth-order valence-electron chi connectivity index (χ4n) is 2.31. The van der Waals surface area contributed by atoms with Crippen LogP contribution in [0.25, 0.3) is 0 Å². The van der Waals surface area contributed by atoms with Crippen molar-refractivity contribution in [3.63, 3.8) is 0 Å². The Morgan fingerprint density at radius 2 is 1.81 bits per heavy atom. The Balaban J connectivity index is 1.67. The topological polar surface area (TPSA) is 85.4 Å². The number of amides is 1. The van der Waals surface area contributed by atoms with Gasteiger partial charge in [0.25, 0.3) is 5.91 Å². The lowest BCUT2D eigenvalue weighted by atomic mass is 10.2. The summed E-state index contributed by atoms with van der Waals surface area (Å²) < 4.78 is 10.3. The van der Waals surface area contributed by atoms with E-state index >= 15 is 0 Å². The highest BCUT2D eigenvalue weighted by atomic mass is 35.5. The standard InChI is InChI=1S/C19H17ClN4O3/c1-26-14-5-3-4-12(10-14)21-18-9-7-16(23-24-18)19(25)22-13-6-8-17(27-2)15(20)11-13/h3-11H,1-2H3,(H,21,24)(H,22,25). The first kappa shape index (κ1) is 18.5. The highest BCUT2D eigenvalue weighted by molar-refractivity contribution is 6.32. The van der Waals surface area contributed by atoms with Crippen LogP contribution in [0.4, 0.5) is 17.2 Å². The first-order chi connectivity index (χ1) is 13.1. The molecule has 0 atom stereocenters. The fraction of sp³-hybridized carbons (Fsp3) is 0.105. The van der Waals surface area contributed by atoms with Gasteiger partial charge in [0.2, 0.25) is 0 Å². The molecule has 0 aliphatic heterocycles. The third kappa shape index (κ3) is 4.65. The van der Waals surface area contributed by atoms with Gasteiger partial charge in [0.15, 0.2) is 11.5 Å². The zero-order valence-electron chi connectivity index (χ0n) is 14.7. The number of hydrogen-bond acceptors (Lipinski definition) is 6. The molecule has 7 nitrogen and oxygen atoms in total. The van der Waals surface area contributed by atoms with Crippen molar-refractivity contribution in [1.82, 2.24) is 10.2 Å². The Kier molecular flexibility index (Phi) is 5.73. The predicted octanol–water partition coefficient (Wildman–Crippen LogP) is 4.14. The van der Waals surface area contributed by atoms with Gasteiger partial charge in [0, 0.05) is 17.4 Å². The number of hydrogen-bond donors (Lipinski definition) is 2. The summed E-state index contributed by atoms with van der Waals surface area (Å²) in [5, 5.41) is 14.2. The molecule has 0 aliphatic rings. The number of methoxy groups -OCH3 is 2. The average Bonchev–Trinajstić information content (AvgIpc) is 2.69. The molecule has 0 aliphatic carbocycles. The second-order valence-corrected chi connectivity index (χ2v) is 5.87. The van der Waals surface area contributed by atoms with Crippen molar-refractivity contribution in [2.75, 3.05) is 24.9 Å². The van der Waals surface area contributed by atoms with Crippen LogP contribution in [-0.4, -0.2) is 30.3 Å². The number of carbonyl (C=O) groups excluding carboxylic acids is 1. The smallest absolute Gasteiger partial charge is 0.276 e. The zero-order valence-corrected chi connectivity index (χ0v) is 15.4. The molecule has 3 rings (SSSR count). The second kappa shape index (κ2) is 8.37. The van der Waals surface area contributed by atoms with Crippen LogP contribution in [0.15, 0.2) is 54.6 Å². The van der Waals surface area contributed by atoms with E-state index in [4.69, 9.17) is 21.1 Å². The molecule has 0 saturated carbocycles. The predicted molar refractivity (Wildman–Crippen MR) is 104 cm³/mol. The summed E-state index contributed by atoms with van der Waals surface area (Å²) in [5.41, 5.74) is 1.51. The molecule has 0 bridgehead atoms. The third-order valence-corrected chi connectivity index (χ3v) is 3.94. The van der Waals surface area contributed by atoms with Gasteiger partial charge in [-0.1, -0.05) is 17.7 Å². The van der Waals surface area contributed by atoms with Crippen molar-refractivity contribution in [3.8, 4) is 11.5 Å². The Labute approximate surface area is 161 Å². The lowest BCUT2D eigenvalue weighted by Crippen LogP contribution is -2.14. The Morgan fingerprint density at radius 3 is 2.48 bits per heavy atom. The van der Waals surface area contributed by atoms with Crippen LogP contribution in [0.5, 0.6) is 11.5 Å². The van der Waals surface area contributed by atoms with Crippen LogP contribution in [0.3, 0.4) is 0 Å². The number of carbonyl (C=O) groups is 1. The van der Waals surface area contributed by atoms with E-state index in [1.807, 2.05) is 24.3 Å². The molecule has 0 spiro atoms. The van der Waals surface area contributed by atoms with E-state index in [-0.39, 0.29) is 5.69 Å². The molecule has 0 fully saturated rings. The molecule has 27 heavy (non-hydrogen) atoms. The molecular weight excluding hydrogens is 368 g/mol. The van der Waals surface area contributed by atoms with E-state index in [2.05, 4.69) is 20.8 Å². The third-order valence-electron chi connectivity index (χ3n) is 3.65. The summed E-state index contributed by atoms with van der Waals surface area (Å²) in [7, 11) is 3.12. The van der Waals surface area contributed by atoms with E-state index in [1.165, 1.54) is 7.11 Å². The van der Waals surface area contributed by atoms with E-state index in [0.717, 1.165) is 11.4 Å². The molecule has 1 aromatic heterocycles. The summed E-state index contributed by atoms with van der Waals surface area (Å²) in [6, 6.07) is 15.6. The van der Waals surface area contributed by atoms with Crippen molar-refractivity contribution >= 4 is 34.7 Å². The molecular formula is C19H17ClN4O3. The number of rotatable bonds is 6. The summed E-state index contributed by atoms with van der Waals surface area (Å²) in [6.45, 7) is 0. The fourth-order valence-corrected chi connectivity index (χ4v) is 2.57. The molecule has 1 amide bonds. The van der Waals surface area contributed by atoms with Crippen LogP contribution in [0, 0.1) is 0 Å². The molecule has 3 aromatic rings. The van der Waals surface area contributed by atoms with Crippen LogP contribution < -0.4 is 20.1 Å². The summed E-state index contributed by atoms with van der Waals surface area (Å²) in [4.78, 5) is 12.3. The van der Waals surface area contributed by atoms with Crippen molar-refractivity contribution < 1.29 is 14.3 Å². The van der Waals surface area contributed by atoms with E-state index < -0.39 is 5.91 Å². The molecule has 2 aromatic carbocycles. The van der Waals surface area contributed by atoms with Crippen molar-refractivity contribution in [2.45, 2.75) is 0 Å². The van der Waals surface area contributed by atoms with Crippen molar-refractivity contribution in [3.05, 3.63) is 65.3 Å². The minimum absolute atomic E-state index is 0.179. The number of aromatic nitrogens is 2. The van der Waals surface area contributed by atoms with Crippen LogP contribution in [0.1, 0.15) is 10.5 Å². The SMILES string of the molecule is COc1cccc(Nc2ccc(C(=O)Nc3ccc(OC)c(Cl)c3)nn2)c1. The van der Waals surface area contributed by atoms with E-state index in [0.29, 0.717) is 22.3 Å². The largest absolute Gasteiger partial charge is 0.497 e. The average molecular weight is 385 g/mol. The normalized spacial score (nSPS) is 10.2. The van der Waals surface area contributed by atoms with Gasteiger partial charge in [0.1, 0.15) is 11.5 Å². The van der Waals surface area contributed by atoms with Crippen LogP contribution in [-0.2, 0) is 0 Å². The van der Waals surface area contributed by atoms with Gasteiger partial charge >= 0.3 is 0 Å². The summed E-state index contributed by atoms with van der Waals surface area (Å²) in [5.74, 6) is 1.37. The second-order valence-electron chi connectivity index (χ2n) is 5.46. The maximum absolute atomic E-state index is 12.3. The van der Waals surface area contributed by atoms with Gasteiger partial charge in [-0.3, -0.25) is 4.79 Å². The van der Waals surface area contributed by atoms with Crippen molar-refractivity contribution in [2.24, 2.45) is 0 Å². The lowest BCUT2D eigenvalue weighted by molar-refractivity contribution is 0.102. The number of halogens is 1. The number of nitrogens with one attached hydrogen (secondary N) is 2. The zero-order chi connectivity index (χ0) is 19.2. The molecule has 8 heteroatoms. The molecule has 0 unspecified atom stereocenters. The lowest BCUT2D eigenvalue weighted by Gasteiger charge is -2.09. The number of ether oxygens (including phenoxy) is 2. The molecule has 0 saturated heterocycles. The molecule has 2 N–H and O–H groups in total. The molecule has 0 radical (unpaired) electrons. The summed E-state index contributed by atoms with van der Waals surface area (Å²) in [6.07, 6.45) is 0. The monoisotopic (exact) mass is 384 g/mol. The Bertz CT molecular complexity index is 948. The van der Waals surface area contributed by atoms with Gasteiger partial charge in [-0.25, -0.2) is 0 Å². The first-order valence-electron chi connectivity index (χ1n) is 7.99. The minimum atomic E-state index is -0.392. The molecule has 1 heterocycles.